The van der Waals surface area contributed by atoms with Crippen LogP contribution in [0.5, 0.6) is 11.5 Å². The molecule has 1 atom stereocenters. The monoisotopic (exact) mass is 262 g/mol. The van der Waals surface area contributed by atoms with Crippen LogP contribution < -0.4 is 9.47 Å². The Kier molecular flexibility index (Phi) is 3.92. The molecule has 1 aromatic carbocycles. The normalized spacial score (nSPS) is 21.1. The zero-order valence-electron chi connectivity index (χ0n) is 11.3. The lowest BCUT2D eigenvalue weighted by atomic mass is 9.95. The van der Waals surface area contributed by atoms with Gasteiger partial charge in [0.25, 0.3) is 0 Å². The molecule has 1 unspecified atom stereocenters. The van der Waals surface area contributed by atoms with Gasteiger partial charge in [-0.2, -0.15) is 0 Å². The van der Waals surface area contributed by atoms with Crippen molar-refractivity contribution in [3.63, 3.8) is 0 Å². The van der Waals surface area contributed by atoms with Gasteiger partial charge in [0, 0.05) is 6.42 Å². The molecule has 1 aromatic rings. The summed E-state index contributed by atoms with van der Waals surface area (Å²) >= 11 is 0. The molecule has 3 rings (SSSR count). The Morgan fingerprint density at radius 3 is 2.58 bits per heavy atom. The Balaban J connectivity index is 1.71. The van der Waals surface area contributed by atoms with Crippen LogP contribution in [0, 0.1) is 5.92 Å². The highest BCUT2D eigenvalue weighted by Crippen LogP contribution is 2.36. The molecule has 0 amide bonds. The van der Waals surface area contributed by atoms with Crippen molar-refractivity contribution in [1.82, 2.24) is 0 Å². The van der Waals surface area contributed by atoms with E-state index in [0.29, 0.717) is 19.1 Å². The molecule has 0 spiro atoms. The van der Waals surface area contributed by atoms with Crippen LogP contribution in [0.25, 0.3) is 0 Å². The van der Waals surface area contributed by atoms with E-state index in [1.807, 2.05) is 18.2 Å². The first kappa shape index (κ1) is 12.8. The average molecular weight is 262 g/mol. The SMILES string of the molecule is OC(CC1CCCC1)c1ccc2c(c1)OCCCO2. The van der Waals surface area contributed by atoms with Crippen LogP contribution in [-0.4, -0.2) is 18.3 Å². The van der Waals surface area contributed by atoms with Crippen LogP contribution in [0.1, 0.15) is 50.2 Å². The summed E-state index contributed by atoms with van der Waals surface area (Å²) in [6.45, 7) is 1.39. The molecule has 3 heteroatoms. The number of aliphatic hydroxyl groups is 1. The number of rotatable bonds is 3. The van der Waals surface area contributed by atoms with Gasteiger partial charge >= 0.3 is 0 Å². The van der Waals surface area contributed by atoms with Crippen LogP contribution in [0.15, 0.2) is 18.2 Å². The highest BCUT2D eigenvalue weighted by atomic mass is 16.5. The third-order valence-corrected chi connectivity index (χ3v) is 4.19. The number of benzene rings is 1. The van der Waals surface area contributed by atoms with E-state index < -0.39 is 0 Å². The number of aliphatic hydroxyl groups excluding tert-OH is 1. The highest BCUT2D eigenvalue weighted by molar-refractivity contribution is 5.44. The lowest BCUT2D eigenvalue weighted by molar-refractivity contribution is 0.144. The minimum atomic E-state index is -0.375. The fourth-order valence-corrected chi connectivity index (χ4v) is 3.09. The van der Waals surface area contributed by atoms with Crippen LogP contribution in [0.3, 0.4) is 0 Å². The minimum Gasteiger partial charge on any atom is -0.490 e. The number of ether oxygens (including phenoxy) is 2. The van der Waals surface area contributed by atoms with E-state index in [4.69, 9.17) is 9.47 Å². The van der Waals surface area contributed by atoms with Crippen LogP contribution in [0.2, 0.25) is 0 Å². The smallest absolute Gasteiger partial charge is 0.161 e. The molecule has 1 heterocycles. The topological polar surface area (TPSA) is 38.7 Å². The lowest BCUT2D eigenvalue weighted by Gasteiger charge is -2.17. The van der Waals surface area contributed by atoms with E-state index in [1.54, 1.807) is 0 Å². The highest BCUT2D eigenvalue weighted by Gasteiger charge is 2.21. The maximum absolute atomic E-state index is 10.4. The van der Waals surface area contributed by atoms with Gasteiger partial charge < -0.3 is 14.6 Å². The summed E-state index contributed by atoms with van der Waals surface area (Å²) in [6.07, 6.45) is 6.58. The lowest BCUT2D eigenvalue weighted by Crippen LogP contribution is -2.05. The molecule has 2 aliphatic rings. The maximum atomic E-state index is 10.4. The standard InChI is InChI=1S/C16H22O3/c17-14(10-12-4-1-2-5-12)13-6-7-15-16(11-13)19-9-3-8-18-15/h6-7,11-12,14,17H,1-5,8-10H2. The number of hydrogen-bond donors (Lipinski definition) is 1. The quantitative estimate of drug-likeness (QED) is 0.906. The molecule has 0 aromatic heterocycles. The summed E-state index contributed by atoms with van der Waals surface area (Å²) in [6, 6.07) is 5.83. The summed E-state index contributed by atoms with van der Waals surface area (Å²) in [5.41, 5.74) is 0.955. The van der Waals surface area contributed by atoms with Crippen molar-refractivity contribution >= 4 is 0 Å². The predicted molar refractivity (Wildman–Crippen MR) is 73.6 cm³/mol. The third kappa shape index (κ3) is 3.03. The second kappa shape index (κ2) is 5.83. The third-order valence-electron chi connectivity index (χ3n) is 4.19. The van der Waals surface area contributed by atoms with E-state index in [1.165, 1.54) is 25.7 Å². The van der Waals surface area contributed by atoms with Gasteiger partial charge in [-0.3, -0.25) is 0 Å². The molecule has 0 bridgehead atoms. The zero-order valence-corrected chi connectivity index (χ0v) is 11.3. The Morgan fingerprint density at radius 1 is 1.05 bits per heavy atom. The van der Waals surface area contributed by atoms with Crippen molar-refractivity contribution in [2.24, 2.45) is 5.92 Å². The number of fused-ring (bicyclic) bond motifs is 1. The Bertz CT molecular complexity index is 424. The van der Waals surface area contributed by atoms with Crippen molar-refractivity contribution in [2.45, 2.75) is 44.6 Å². The fourth-order valence-electron chi connectivity index (χ4n) is 3.09. The summed E-state index contributed by atoms with van der Waals surface area (Å²) in [5, 5.41) is 10.4. The molecule has 1 N–H and O–H groups in total. The second-order valence-electron chi connectivity index (χ2n) is 5.66. The molecule has 19 heavy (non-hydrogen) atoms. The van der Waals surface area contributed by atoms with Crippen molar-refractivity contribution in [3.05, 3.63) is 23.8 Å². The van der Waals surface area contributed by atoms with E-state index in [-0.39, 0.29) is 6.10 Å². The molecule has 1 aliphatic carbocycles. The minimum absolute atomic E-state index is 0.375. The van der Waals surface area contributed by atoms with Gasteiger partial charge in [0.15, 0.2) is 11.5 Å². The Hall–Kier alpha value is -1.22. The largest absolute Gasteiger partial charge is 0.490 e. The molecule has 0 saturated heterocycles. The predicted octanol–water partition coefficient (Wildman–Crippen LogP) is 3.46. The molecular weight excluding hydrogens is 240 g/mol. The molecular formula is C16H22O3. The van der Waals surface area contributed by atoms with E-state index in [2.05, 4.69) is 0 Å². The van der Waals surface area contributed by atoms with Gasteiger partial charge in [-0.15, -0.1) is 0 Å². The molecule has 1 aliphatic heterocycles. The molecule has 1 saturated carbocycles. The second-order valence-corrected chi connectivity index (χ2v) is 5.66. The van der Waals surface area contributed by atoms with Gasteiger partial charge in [0.05, 0.1) is 19.3 Å². The van der Waals surface area contributed by atoms with Gasteiger partial charge in [-0.05, 0) is 30.0 Å². The van der Waals surface area contributed by atoms with Gasteiger partial charge in [-0.25, -0.2) is 0 Å². The summed E-state index contributed by atoms with van der Waals surface area (Å²) in [5.74, 6) is 2.26. The Morgan fingerprint density at radius 2 is 1.79 bits per heavy atom. The first-order chi connectivity index (χ1) is 9.33. The molecule has 104 valence electrons. The van der Waals surface area contributed by atoms with Crippen molar-refractivity contribution in [3.8, 4) is 11.5 Å². The van der Waals surface area contributed by atoms with Gasteiger partial charge in [0.1, 0.15) is 0 Å². The maximum Gasteiger partial charge on any atom is 0.161 e. The first-order valence-corrected chi connectivity index (χ1v) is 7.40. The van der Waals surface area contributed by atoms with Crippen molar-refractivity contribution < 1.29 is 14.6 Å². The van der Waals surface area contributed by atoms with E-state index >= 15 is 0 Å². The van der Waals surface area contributed by atoms with Crippen molar-refractivity contribution in [2.75, 3.05) is 13.2 Å². The molecule has 0 radical (unpaired) electrons. The van der Waals surface area contributed by atoms with Crippen LogP contribution in [-0.2, 0) is 0 Å². The van der Waals surface area contributed by atoms with E-state index in [9.17, 15) is 5.11 Å². The molecule has 3 nitrogen and oxygen atoms in total. The first-order valence-electron chi connectivity index (χ1n) is 7.40. The van der Waals surface area contributed by atoms with Crippen molar-refractivity contribution in [1.29, 1.82) is 0 Å². The fraction of sp³-hybridized carbons (Fsp3) is 0.625. The summed E-state index contributed by atoms with van der Waals surface area (Å²) in [7, 11) is 0. The average Bonchev–Trinajstić information content (AvgIpc) is 2.81. The van der Waals surface area contributed by atoms with Crippen LogP contribution >= 0.6 is 0 Å². The molecule has 1 fully saturated rings. The Labute approximate surface area is 114 Å². The van der Waals surface area contributed by atoms with Gasteiger partial charge in [0.2, 0.25) is 0 Å². The number of hydrogen-bond acceptors (Lipinski definition) is 3. The van der Waals surface area contributed by atoms with Crippen LogP contribution in [0.4, 0.5) is 0 Å². The van der Waals surface area contributed by atoms with E-state index in [0.717, 1.165) is 29.9 Å². The zero-order chi connectivity index (χ0) is 13.1. The summed E-state index contributed by atoms with van der Waals surface area (Å²) in [4.78, 5) is 0. The summed E-state index contributed by atoms with van der Waals surface area (Å²) < 4.78 is 11.3. The van der Waals surface area contributed by atoms with Gasteiger partial charge in [-0.1, -0.05) is 31.7 Å².